The SMILES string of the molecule is Cc1cc(N(I)I)c(N)c(/N=N/c2cc(C(=O)O)ccc2Cl)c1N. The number of carboxylic acids is 1. The van der Waals surface area contributed by atoms with Crippen molar-refractivity contribution in [1.82, 2.24) is 0 Å². The lowest BCUT2D eigenvalue weighted by atomic mass is 10.1. The van der Waals surface area contributed by atoms with Gasteiger partial charge >= 0.3 is 5.97 Å². The molecule has 126 valence electrons. The summed E-state index contributed by atoms with van der Waals surface area (Å²) in [5, 5.41) is 17.5. The summed E-state index contributed by atoms with van der Waals surface area (Å²) in [6, 6.07) is 6.02. The summed E-state index contributed by atoms with van der Waals surface area (Å²) in [6.07, 6.45) is 0. The number of halogens is 3. The van der Waals surface area contributed by atoms with Crippen molar-refractivity contribution >= 4 is 91.7 Å². The van der Waals surface area contributed by atoms with Crippen molar-refractivity contribution in [3.05, 3.63) is 40.4 Å². The molecule has 0 radical (unpaired) electrons. The van der Waals surface area contributed by atoms with Gasteiger partial charge in [0.05, 0.1) is 73.4 Å². The molecule has 0 aliphatic carbocycles. The first-order valence-electron chi connectivity index (χ1n) is 6.47. The average Bonchev–Trinajstić information content (AvgIpc) is 2.51. The number of azo groups is 1. The van der Waals surface area contributed by atoms with E-state index in [1.54, 1.807) is 1.33 Å². The Bertz CT molecular complexity index is 842. The first-order valence-corrected chi connectivity index (χ1v) is 8.78. The van der Waals surface area contributed by atoms with Crippen LogP contribution in [0.1, 0.15) is 15.9 Å². The smallest absolute Gasteiger partial charge is 0.335 e. The van der Waals surface area contributed by atoms with Crippen molar-refractivity contribution in [1.29, 1.82) is 0 Å². The second kappa shape index (κ2) is 7.70. The standard InChI is InChI=1S/C14H12ClI2N5O2/c1-6-4-10(22(16)17)12(19)13(11(6)18)21-20-9-5-7(14(23)24)2-3-8(9)15/h2-5H,18-19H2,1H3,(H,23,24)/b21-20+. The molecule has 2 aromatic rings. The van der Waals surface area contributed by atoms with Crippen LogP contribution in [0.3, 0.4) is 0 Å². The number of carbonyl (C=O) groups is 1. The number of aromatic carboxylic acids is 1. The molecule has 0 aliphatic rings. The number of hydrogen-bond donors (Lipinski definition) is 3. The van der Waals surface area contributed by atoms with E-state index in [2.05, 4.69) is 56.0 Å². The predicted molar refractivity (Wildman–Crippen MR) is 113 cm³/mol. The van der Waals surface area contributed by atoms with Crippen LogP contribution in [-0.4, -0.2) is 11.1 Å². The topological polar surface area (TPSA) is 117 Å². The van der Waals surface area contributed by atoms with Crippen LogP contribution in [0.2, 0.25) is 5.02 Å². The molecule has 7 nitrogen and oxygen atoms in total. The summed E-state index contributed by atoms with van der Waals surface area (Å²) in [4.78, 5) is 11.0. The van der Waals surface area contributed by atoms with Crippen molar-refractivity contribution < 1.29 is 9.90 Å². The average molecular weight is 572 g/mol. The molecule has 2 rings (SSSR count). The number of nitrogen functional groups attached to an aromatic ring is 2. The first-order chi connectivity index (χ1) is 11.2. The number of nitrogens with zero attached hydrogens (tertiary/aromatic N) is 3. The molecule has 0 heterocycles. The first kappa shape index (κ1) is 19.0. The molecule has 0 atom stereocenters. The summed E-state index contributed by atoms with van der Waals surface area (Å²) in [5.74, 6) is -1.08. The monoisotopic (exact) mass is 571 g/mol. The zero-order valence-electron chi connectivity index (χ0n) is 12.3. The molecule has 2 aromatic carbocycles. The van der Waals surface area contributed by atoms with Gasteiger partial charge in [0, 0.05) is 0 Å². The van der Waals surface area contributed by atoms with E-state index < -0.39 is 5.97 Å². The fraction of sp³-hybridized carbons (Fsp3) is 0.0714. The van der Waals surface area contributed by atoms with E-state index in [4.69, 9.17) is 28.2 Å². The third-order valence-corrected chi connectivity index (χ3v) is 4.56. The van der Waals surface area contributed by atoms with Gasteiger partial charge in [0.2, 0.25) is 0 Å². The second-order valence-electron chi connectivity index (χ2n) is 4.79. The van der Waals surface area contributed by atoms with Crippen molar-refractivity contribution in [2.75, 3.05) is 12.8 Å². The molecule has 0 aromatic heterocycles. The van der Waals surface area contributed by atoms with Gasteiger partial charge in [-0.15, -0.1) is 10.2 Å². The van der Waals surface area contributed by atoms with Crippen LogP contribution in [0.25, 0.3) is 0 Å². The molecule has 0 unspecified atom stereocenters. The molecule has 0 amide bonds. The quantitative estimate of drug-likeness (QED) is 0.196. The molecule has 10 heteroatoms. The molecule has 0 saturated heterocycles. The van der Waals surface area contributed by atoms with Gasteiger partial charge in [-0.25, -0.2) is 4.79 Å². The van der Waals surface area contributed by atoms with Crippen LogP contribution in [0.5, 0.6) is 0 Å². The van der Waals surface area contributed by atoms with Gasteiger partial charge in [-0.3, -0.25) is 1.33 Å². The lowest BCUT2D eigenvalue weighted by Crippen LogP contribution is -2.01. The number of anilines is 3. The number of benzene rings is 2. The lowest BCUT2D eigenvalue weighted by Gasteiger charge is -2.15. The molecule has 0 aliphatic heterocycles. The molecule has 24 heavy (non-hydrogen) atoms. The van der Waals surface area contributed by atoms with Crippen molar-refractivity contribution in [2.45, 2.75) is 6.92 Å². The fourth-order valence-electron chi connectivity index (χ4n) is 1.89. The van der Waals surface area contributed by atoms with Crippen LogP contribution < -0.4 is 12.8 Å². The van der Waals surface area contributed by atoms with Crippen LogP contribution in [0.4, 0.5) is 28.4 Å². The van der Waals surface area contributed by atoms with E-state index in [-0.39, 0.29) is 16.3 Å². The molecular weight excluding hydrogens is 559 g/mol. The summed E-state index contributed by atoms with van der Waals surface area (Å²) in [5.41, 5.74) is 15.1. The summed E-state index contributed by atoms with van der Waals surface area (Å²) in [7, 11) is 0. The zero-order valence-corrected chi connectivity index (χ0v) is 17.4. The third kappa shape index (κ3) is 4.00. The molecular formula is C14H12ClI2N5O2. The Labute approximate surface area is 171 Å². The highest BCUT2D eigenvalue weighted by molar-refractivity contribution is 14.2. The number of nitrogens with two attached hydrogens (primary N) is 2. The summed E-state index contributed by atoms with van der Waals surface area (Å²) < 4.78 is 1.79. The second-order valence-corrected chi connectivity index (χ2v) is 8.98. The van der Waals surface area contributed by atoms with E-state index >= 15 is 0 Å². The van der Waals surface area contributed by atoms with E-state index in [1.807, 2.05) is 13.0 Å². The Morgan fingerprint density at radius 1 is 1.21 bits per heavy atom. The fourth-order valence-corrected chi connectivity index (χ4v) is 2.84. The maximum absolute atomic E-state index is 11.0. The van der Waals surface area contributed by atoms with Crippen LogP contribution in [0, 0.1) is 6.92 Å². The minimum Gasteiger partial charge on any atom is -0.478 e. The molecule has 0 bridgehead atoms. The van der Waals surface area contributed by atoms with Crippen LogP contribution in [-0.2, 0) is 0 Å². The number of carboxylic acid groups (broad SMARTS) is 1. The highest BCUT2D eigenvalue weighted by atomic mass is 127. The minimum atomic E-state index is -1.08. The number of aryl methyl sites for hydroxylation is 1. The molecule has 0 saturated carbocycles. The molecule has 0 fully saturated rings. The van der Waals surface area contributed by atoms with Crippen LogP contribution in [0.15, 0.2) is 34.5 Å². The van der Waals surface area contributed by atoms with Gasteiger partial charge in [-0.05, 0) is 36.8 Å². The van der Waals surface area contributed by atoms with Gasteiger partial charge in [0.25, 0.3) is 0 Å². The molecule has 0 spiro atoms. The highest BCUT2D eigenvalue weighted by Gasteiger charge is 2.15. The number of rotatable bonds is 4. The van der Waals surface area contributed by atoms with Crippen LogP contribution >= 0.6 is 57.3 Å². The maximum Gasteiger partial charge on any atom is 0.335 e. The predicted octanol–water partition coefficient (Wildman–Crippen LogP) is 5.43. The Morgan fingerprint density at radius 3 is 2.46 bits per heavy atom. The van der Waals surface area contributed by atoms with E-state index in [0.29, 0.717) is 17.1 Å². The van der Waals surface area contributed by atoms with Gasteiger partial charge in [0.15, 0.2) is 0 Å². The van der Waals surface area contributed by atoms with Gasteiger partial charge in [0.1, 0.15) is 11.4 Å². The lowest BCUT2D eigenvalue weighted by molar-refractivity contribution is 0.0697. The normalized spacial score (nSPS) is 11.0. The van der Waals surface area contributed by atoms with Crippen molar-refractivity contribution in [3.8, 4) is 0 Å². The minimum absolute atomic E-state index is 0.0601. The maximum atomic E-state index is 11.0. The van der Waals surface area contributed by atoms with E-state index in [9.17, 15) is 4.79 Å². The Morgan fingerprint density at radius 2 is 1.88 bits per heavy atom. The summed E-state index contributed by atoms with van der Waals surface area (Å²) in [6.45, 7) is 1.84. The zero-order chi connectivity index (χ0) is 18.0. The summed E-state index contributed by atoms with van der Waals surface area (Å²) >= 11 is 10.2. The Kier molecular flexibility index (Phi) is 6.09. The third-order valence-electron chi connectivity index (χ3n) is 3.20. The Balaban J connectivity index is 2.54. The van der Waals surface area contributed by atoms with Crippen molar-refractivity contribution in [2.24, 2.45) is 10.2 Å². The van der Waals surface area contributed by atoms with Gasteiger partial charge < -0.3 is 16.6 Å². The Hall–Kier alpha value is -1.34. The molecule has 5 N–H and O–H groups in total. The largest absolute Gasteiger partial charge is 0.478 e. The van der Waals surface area contributed by atoms with Gasteiger partial charge in [-0.1, -0.05) is 11.6 Å². The van der Waals surface area contributed by atoms with E-state index in [1.165, 1.54) is 18.2 Å². The number of hydrogen-bond acceptors (Lipinski definition) is 6. The van der Waals surface area contributed by atoms with Crippen molar-refractivity contribution in [3.63, 3.8) is 0 Å². The highest BCUT2D eigenvalue weighted by Crippen LogP contribution is 2.43. The van der Waals surface area contributed by atoms with Gasteiger partial charge in [-0.2, -0.15) is 0 Å². The van der Waals surface area contributed by atoms with E-state index in [0.717, 1.165) is 11.3 Å².